The van der Waals surface area contributed by atoms with Gasteiger partial charge >= 0.3 is 0 Å². The van der Waals surface area contributed by atoms with E-state index in [-0.39, 0.29) is 5.56 Å². The lowest BCUT2D eigenvalue weighted by Gasteiger charge is -2.35. The average molecular weight is 234 g/mol. The molecule has 2 aliphatic rings. The SMILES string of the molecule is CN1C2CCC1CC(c1nc(N)cc(=O)[nH]1)C2. The van der Waals surface area contributed by atoms with E-state index in [1.165, 1.54) is 18.9 Å². The van der Waals surface area contributed by atoms with Gasteiger partial charge in [0.05, 0.1) is 0 Å². The number of fused-ring (bicyclic) bond motifs is 2. The van der Waals surface area contributed by atoms with Gasteiger partial charge in [-0.15, -0.1) is 0 Å². The van der Waals surface area contributed by atoms with Crippen LogP contribution in [0, 0.1) is 0 Å². The average Bonchev–Trinajstić information content (AvgIpc) is 2.51. The van der Waals surface area contributed by atoms with E-state index in [2.05, 4.69) is 21.9 Å². The van der Waals surface area contributed by atoms with E-state index in [0.717, 1.165) is 18.7 Å². The van der Waals surface area contributed by atoms with Crippen molar-refractivity contribution in [2.45, 2.75) is 43.7 Å². The van der Waals surface area contributed by atoms with Crippen LogP contribution in [0.1, 0.15) is 37.4 Å². The maximum absolute atomic E-state index is 11.4. The second-order valence-electron chi connectivity index (χ2n) is 5.27. The quantitative estimate of drug-likeness (QED) is 0.749. The first-order valence-electron chi connectivity index (χ1n) is 6.22. The van der Waals surface area contributed by atoms with Gasteiger partial charge in [-0.2, -0.15) is 0 Å². The molecule has 0 radical (unpaired) electrons. The summed E-state index contributed by atoms with van der Waals surface area (Å²) in [6.45, 7) is 0. The smallest absolute Gasteiger partial charge is 0.252 e. The van der Waals surface area contributed by atoms with Gasteiger partial charge in [0.25, 0.3) is 5.56 Å². The van der Waals surface area contributed by atoms with Gasteiger partial charge in [-0.1, -0.05) is 0 Å². The molecule has 0 spiro atoms. The zero-order valence-corrected chi connectivity index (χ0v) is 10.0. The van der Waals surface area contributed by atoms with E-state index >= 15 is 0 Å². The van der Waals surface area contributed by atoms with Crippen molar-refractivity contribution in [3.63, 3.8) is 0 Å². The predicted octanol–water partition coefficient (Wildman–Crippen LogP) is 0.692. The number of anilines is 1. The van der Waals surface area contributed by atoms with Gasteiger partial charge in [0.15, 0.2) is 0 Å². The van der Waals surface area contributed by atoms with Crippen LogP contribution < -0.4 is 11.3 Å². The third-order valence-corrected chi connectivity index (χ3v) is 4.26. The molecule has 92 valence electrons. The Morgan fingerprint density at radius 1 is 1.41 bits per heavy atom. The predicted molar refractivity (Wildman–Crippen MR) is 65.8 cm³/mol. The second kappa shape index (κ2) is 3.84. The lowest BCUT2D eigenvalue weighted by Crippen LogP contribution is -2.39. The van der Waals surface area contributed by atoms with Gasteiger partial charge in [-0.25, -0.2) is 4.98 Å². The molecule has 2 unspecified atom stereocenters. The number of nitrogens with two attached hydrogens (primary N) is 1. The number of hydrogen-bond acceptors (Lipinski definition) is 4. The van der Waals surface area contributed by atoms with Crippen molar-refractivity contribution >= 4 is 5.82 Å². The van der Waals surface area contributed by atoms with Crippen molar-refractivity contribution in [1.29, 1.82) is 0 Å². The molecule has 0 saturated carbocycles. The van der Waals surface area contributed by atoms with Gasteiger partial charge in [-0.05, 0) is 32.7 Å². The van der Waals surface area contributed by atoms with E-state index < -0.39 is 0 Å². The van der Waals surface area contributed by atoms with Gasteiger partial charge < -0.3 is 15.6 Å². The summed E-state index contributed by atoms with van der Waals surface area (Å²) < 4.78 is 0. The first-order valence-corrected chi connectivity index (χ1v) is 6.22. The van der Waals surface area contributed by atoms with E-state index in [4.69, 9.17) is 5.73 Å². The fraction of sp³-hybridized carbons (Fsp3) is 0.667. The highest BCUT2D eigenvalue weighted by Crippen LogP contribution is 2.40. The summed E-state index contributed by atoms with van der Waals surface area (Å²) >= 11 is 0. The van der Waals surface area contributed by atoms with Crippen LogP contribution in [-0.2, 0) is 0 Å². The standard InChI is InChI=1S/C12H18N4O/c1-16-8-2-3-9(16)5-7(4-8)12-14-10(13)6-11(17)15-12/h6-9H,2-5H2,1H3,(H3,13,14,15,17). The molecule has 1 aromatic heterocycles. The molecule has 5 nitrogen and oxygen atoms in total. The third-order valence-electron chi connectivity index (χ3n) is 4.26. The summed E-state index contributed by atoms with van der Waals surface area (Å²) in [5, 5.41) is 0. The van der Waals surface area contributed by atoms with Crippen molar-refractivity contribution in [3.8, 4) is 0 Å². The highest BCUT2D eigenvalue weighted by atomic mass is 16.1. The monoisotopic (exact) mass is 234 g/mol. The Hall–Kier alpha value is -1.36. The fourth-order valence-corrected chi connectivity index (χ4v) is 3.32. The summed E-state index contributed by atoms with van der Waals surface area (Å²) in [5.41, 5.74) is 5.50. The van der Waals surface area contributed by atoms with Crippen molar-refractivity contribution in [1.82, 2.24) is 14.9 Å². The molecule has 2 atom stereocenters. The molecule has 17 heavy (non-hydrogen) atoms. The molecular formula is C12H18N4O. The van der Waals surface area contributed by atoms with Crippen molar-refractivity contribution in [2.24, 2.45) is 0 Å². The highest BCUT2D eigenvalue weighted by Gasteiger charge is 2.39. The first kappa shape index (κ1) is 10.8. The molecule has 2 fully saturated rings. The lowest BCUT2D eigenvalue weighted by atomic mass is 9.90. The highest BCUT2D eigenvalue weighted by molar-refractivity contribution is 5.26. The van der Waals surface area contributed by atoms with Gasteiger partial charge in [0.2, 0.25) is 0 Å². The van der Waals surface area contributed by atoms with Crippen LogP contribution >= 0.6 is 0 Å². The molecule has 2 bridgehead atoms. The minimum absolute atomic E-state index is 0.140. The van der Waals surface area contributed by atoms with Crippen molar-refractivity contribution < 1.29 is 0 Å². The van der Waals surface area contributed by atoms with Crippen LogP contribution in [0.15, 0.2) is 10.9 Å². The number of nitrogens with one attached hydrogen (secondary N) is 1. The zero-order chi connectivity index (χ0) is 12.0. The van der Waals surface area contributed by atoms with Crippen LogP contribution in [0.25, 0.3) is 0 Å². The number of aromatic nitrogens is 2. The van der Waals surface area contributed by atoms with Crippen LogP contribution in [0.3, 0.4) is 0 Å². The van der Waals surface area contributed by atoms with Gasteiger partial charge in [-0.3, -0.25) is 4.79 Å². The number of H-pyrrole nitrogens is 1. The van der Waals surface area contributed by atoms with Crippen LogP contribution in [0.2, 0.25) is 0 Å². The van der Waals surface area contributed by atoms with Crippen LogP contribution in [0.4, 0.5) is 5.82 Å². The Balaban J connectivity index is 1.88. The van der Waals surface area contributed by atoms with Crippen molar-refractivity contribution in [2.75, 3.05) is 12.8 Å². The second-order valence-corrected chi connectivity index (χ2v) is 5.27. The molecule has 1 aromatic rings. The minimum Gasteiger partial charge on any atom is -0.383 e. The normalized spacial score (nSPS) is 32.9. The van der Waals surface area contributed by atoms with E-state index in [1.807, 2.05) is 0 Å². The minimum atomic E-state index is -0.140. The lowest BCUT2D eigenvalue weighted by molar-refractivity contribution is 0.159. The Morgan fingerprint density at radius 3 is 2.65 bits per heavy atom. The molecule has 0 aromatic carbocycles. The molecule has 0 aliphatic carbocycles. The maximum Gasteiger partial charge on any atom is 0.252 e. The maximum atomic E-state index is 11.4. The molecule has 0 amide bonds. The van der Waals surface area contributed by atoms with Crippen LogP contribution in [-0.4, -0.2) is 34.0 Å². The molecule has 3 rings (SSSR count). The summed E-state index contributed by atoms with van der Waals surface area (Å²) in [5.74, 6) is 1.47. The Bertz CT molecular complexity index is 470. The topological polar surface area (TPSA) is 75.0 Å². The molecule has 2 saturated heterocycles. The molecule has 3 heterocycles. The zero-order valence-electron chi connectivity index (χ0n) is 10.0. The van der Waals surface area contributed by atoms with Crippen LogP contribution in [0.5, 0.6) is 0 Å². The Kier molecular flexibility index (Phi) is 2.43. The van der Waals surface area contributed by atoms with Gasteiger partial charge in [0, 0.05) is 24.1 Å². The summed E-state index contributed by atoms with van der Waals surface area (Å²) in [7, 11) is 2.20. The molecule has 5 heteroatoms. The number of aromatic amines is 1. The van der Waals surface area contributed by atoms with Crippen molar-refractivity contribution in [3.05, 3.63) is 22.2 Å². The van der Waals surface area contributed by atoms with E-state index in [9.17, 15) is 4.79 Å². The third kappa shape index (κ3) is 1.84. The fourth-order valence-electron chi connectivity index (χ4n) is 3.32. The molecular weight excluding hydrogens is 216 g/mol. The number of nitrogens with zero attached hydrogens (tertiary/aromatic N) is 2. The largest absolute Gasteiger partial charge is 0.383 e. The summed E-state index contributed by atoms with van der Waals surface area (Å²) in [4.78, 5) is 21.0. The molecule has 3 N–H and O–H groups in total. The Labute approximate surface area is 100 Å². The van der Waals surface area contributed by atoms with E-state index in [1.54, 1.807) is 0 Å². The number of hydrogen-bond donors (Lipinski definition) is 2. The Morgan fingerprint density at radius 2 is 2.06 bits per heavy atom. The summed E-state index contributed by atoms with van der Waals surface area (Å²) in [6.07, 6.45) is 4.70. The first-order chi connectivity index (χ1) is 8.13. The molecule has 2 aliphatic heterocycles. The number of piperidine rings is 1. The van der Waals surface area contributed by atoms with Gasteiger partial charge in [0.1, 0.15) is 11.6 Å². The number of rotatable bonds is 1. The summed E-state index contributed by atoms with van der Waals surface area (Å²) in [6, 6.07) is 2.63. The van der Waals surface area contributed by atoms with E-state index in [0.29, 0.717) is 23.8 Å². The number of nitrogen functional groups attached to an aromatic ring is 1.